The van der Waals surface area contributed by atoms with E-state index in [0.717, 1.165) is 0 Å². The van der Waals surface area contributed by atoms with Crippen LogP contribution in [0.3, 0.4) is 0 Å². The summed E-state index contributed by atoms with van der Waals surface area (Å²) < 4.78 is 22.5. The van der Waals surface area contributed by atoms with Crippen molar-refractivity contribution in [3.05, 3.63) is 38.0 Å². The van der Waals surface area contributed by atoms with Crippen molar-refractivity contribution in [2.75, 3.05) is 66.4 Å². The van der Waals surface area contributed by atoms with Crippen LogP contribution in [-0.4, -0.2) is 89.7 Å². The van der Waals surface area contributed by atoms with E-state index in [-0.39, 0.29) is 63.9 Å². The molecule has 0 heterocycles. The third-order valence-corrected chi connectivity index (χ3v) is 3.59. The summed E-state index contributed by atoms with van der Waals surface area (Å²) in [4.78, 5) is 33.6. The zero-order valence-electron chi connectivity index (χ0n) is 17.6. The molecule has 0 aromatic rings. The zero-order valence-corrected chi connectivity index (χ0v) is 17.6. The summed E-state index contributed by atoms with van der Waals surface area (Å²) in [7, 11) is 1.52. The number of methoxy groups -OCH3 is 1. The summed E-state index contributed by atoms with van der Waals surface area (Å²) >= 11 is 0. The van der Waals surface area contributed by atoms with Crippen LogP contribution in [0.4, 0.5) is 0 Å². The molecular weight excluding hydrogens is 394 g/mol. The molecule has 0 radical (unpaired) electrons. The van der Waals surface area contributed by atoms with Gasteiger partial charge in [0.2, 0.25) is 17.7 Å². The van der Waals surface area contributed by atoms with Gasteiger partial charge >= 0.3 is 0 Å². The predicted octanol–water partition coefficient (Wildman–Crippen LogP) is -0.672. The van der Waals surface area contributed by atoms with Gasteiger partial charge in [-0.25, -0.2) is 0 Å². The minimum absolute atomic E-state index is 0.124. The highest BCUT2D eigenvalue weighted by Crippen LogP contribution is 2.14. The van der Waals surface area contributed by atoms with Crippen LogP contribution in [-0.2, 0) is 33.3 Å². The van der Waals surface area contributed by atoms with E-state index in [1.807, 2.05) is 0 Å². The van der Waals surface area contributed by atoms with Crippen LogP contribution in [0.1, 0.15) is 0 Å². The maximum Gasteiger partial charge on any atom is 0.243 e. The van der Waals surface area contributed by atoms with Crippen LogP contribution in [0.5, 0.6) is 0 Å². The summed E-state index contributed by atoms with van der Waals surface area (Å²) in [6, 6.07) is 0. The largest absolute Gasteiger partial charge is 0.382 e. The summed E-state index contributed by atoms with van der Waals surface area (Å²) in [5.41, 5.74) is -0.946. The Morgan fingerprint density at radius 3 is 1.50 bits per heavy atom. The number of ether oxygens (including phenoxy) is 4. The molecule has 0 aliphatic heterocycles. The number of hydrogen-bond acceptors (Lipinski definition) is 7. The number of hydrogen-bond donors (Lipinski definition) is 3. The van der Waals surface area contributed by atoms with Crippen molar-refractivity contribution in [2.45, 2.75) is 5.60 Å². The lowest BCUT2D eigenvalue weighted by Gasteiger charge is -2.33. The Kier molecular flexibility index (Phi) is 15.9. The molecule has 3 N–H and O–H groups in total. The van der Waals surface area contributed by atoms with Gasteiger partial charge in [0.25, 0.3) is 0 Å². The van der Waals surface area contributed by atoms with Gasteiger partial charge in [-0.15, -0.1) is 0 Å². The average Bonchev–Trinajstić information content (AvgIpc) is 2.75. The first-order chi connectivity index (χ1) is 14.4. The summed E-state index contributed by atoms with van der Waals surface area (Å²) in [6.45, 7) is 12.1. The zero-order chi connectivity index (χ0) is 22.7. The SMILES string of the molecule is C=CC(=O)NCCOCC(COC)(COCCNC(=O)C=C)OCCNC(=O)C=C. The van der Waals surface area contributed by atoms with Crippen LogP contribution in [0.15, 0.2) is 38.0 Å². The van der Waals surface area contributed by atoms with E-state index >= 15 is 0 Å². The standard InChI is InChI=1S/C20H33N3O7/c1-5-17(24)21-8-11-28-15-20(14-27-4,30-13-10-23-19(26)7-3)16-29-12-9-22-18(25)6-2/h5-7H,1-3,8-16H2,4H3,(H,21,24)(H,22,25)(H,23,26). The van der Waals surface area contributed by atoms with Gasteiger partial charge in [-0.1, -0.05) is 19.7 Å². The van der Waals surface area contributed by atoms with E-state index in [0.29, 0.717) is 13.1 Å². The quantitative estimate of drug-likeness (QED) is 0.184. The number of rotatable bonds is 19. The van der Waals surface area contributed by atoms with Crippen molar-refractivity contribution >= 4 is 17.7 Å². The van der Waals surface area contributed by atoms with Crippen LogP contribution in [0.25, 0.3) is 0 Å². The van der Waals surface area contributed by atoms with Gasteiger partial charge in [0.1, 0.15) is 5.60 Å². The second kappa shape index (κ2) is 17.3. The second-order valence-electron chi connectivity index (χ2n) is 6.06. The van der Waals surface area contributed by atoms with E-state index < -0.39 is 5.60 Å². The molecule has 0 bridgehead atoms. The topological polar surface area (TPSA) is 124 Å². The van der Waals surface area contributed by atoms with Crippen LogP contribution >= 0.6 is 0 Å². The first-order valence-corrected chi connectivity index (χ1v) is 9.42. The Morgan fingerprint density at radius 1 is 0.733 bits per heavy atom. The number of amides is 3. The maximum atomic E-state index is 11.3. The van der Waals surface area contributed by atoms with Gasteiger partial charge in [-0.05, 0) is 18.2 Å². The molecule has 0 saturated heterocycles. The summed E-state index contributed by atoms with van der Waals surface area (Å²) in [6.07, 6.45) is 3.52. The molecule has 10 heteroatoms. The van der Waals surface area contributed by atoms with Crippen molar-refractivity contribution in [3.8, 4) is 0 Å². The highest BCUT2D eigenvalue weighted by atomic mass is 16.6. The highest BCUT2D eigenvalue weighted by molar-refractivity contribution is 5.87. The van der Waals surface area contributed by atoms with E-state index in [9.17, 15) is 14.4 Å². The minimum atomic E-state index is -0.946. The molecule has 0 aromatic carbocycles. The molecule has 0 atom stereocenters. The molecule has 170 valence electrons. The lowest BCUT2D eigenvalue weighted by molar-refractivity contribution is -0.161. The maximum absolute atomic E-state index is 11.3. The molecule has 0 aliphatic carbocycles. The molecule has 0 aliphatic rings. The summed E-state index contributed by atoms with van der Waals surface area (Å²) in [5, 5.41) is 7.83. The van der Waals surface area contributed by atoms with Gasteiger partial charge < -0.3 is 34.9 Å². The lowest BCUT2D eigenvalue weighted by Crippen LogP contribution is -2.49. The molecule has 0 fully saturated rings. The molecule has 0 rings (SSSR count). The monoisotopic (exact) mass is 427 g/mol. The van der Waals surface area contributed by atoms with Crippen LogP contribution in [0, 0.1) is 0 Å². The van der Waals surface area contributed by atoms with E-state index in [2.05, 4.69) is 35.7 Å². The third-order valence-electron chi connectivity index (χ3n) is 3.59. The molecular formula is C20H33N3O7. The fourth-order valence-corrected chi connectivity index (χ4v) is 2.18. The van der Waals surface area contributed by atoms with Crippen LogP contribution < -0.4 is 16.0 Å². The fourth-order valence-electron chi connectivity index (χ4n) is 2.18. The van der Waals surface area contributed by atoms with Crippen molar-refractivity contribution in [1.82, 2.24) is 16.0 Å². The third kappa shape index (κ3) is 13.6. The summed E-state index contributed by atoms with van der Waals surface area (Å²) in [5.74, 6) is -0.888. The number of nitrogens with one attached hydrogen (secondary N) is 3. The van der Waals surface area contributed by atoms with Gasteiger partial charge in [0.15, 0.2) is 0 Å². The Hall–Kier alpha value is -2.53. The second-order valence-corrected chi connectivity index (χ2v) is 6.06. The molecule has 10 nitrogen and oxygen atoms in total. The first-order valence-electron chi connectivity index (χ1n) is 9.42. The Labute approximate surface area is 177 Å². The average molecular weight is 427 g/mol. The van der Waals surface area contributed by atoms with Gasteiger partial charge in [-0.2, -0.15) is 0 Å². The number of carbonyl (C=O) groups excluding carboxylic acids is 3. The molecule has 0 spiro atoms. The molecule has 30 heavy (non-hydrogen) atoms. The molecule has 0 unspecified atom stereocenters. The van der Waals surface area contributed by atoms with Crippen LogP contribution in [0.2, 0.25) is 0 Å². The fraction of sp³-hybridized carbons (Fsp3) is 0.550. The van der Waals surface area contributed by atoms with E-state index in [1.165, 1.54) is 25.3 Å². The molecule has 3 amide bonds. The molecule has 0 saturated carbocycles. The van der Waals surface area contributed by atoms with Crippen molar-refractivity contribution in [3.63, 3.8) is 0 Å². The van der Waals surface area contributed by atoms with Crippen molar-refractivity contribution in [1.29, 1.82) is 0 Å². The van der Waals surface area contributed by atoms with Crippen molar-refractivity contribution in [2.24, 2.45) is 0 Å². The van der Waals surface area contributed by atoms with E-state index in [4.69, 9.17) is 18.9 Å². The smallest absolute Gasteiger partial charge is 0.243 e. The normalized spacial score (nSPS) is 10.7. The van der Waals surface area contributed by atoms with Gasteiger partial charge in [0, 0.05) is 26.7 Å². The Morgan fingerprint density at radius 2 is 1.13 bits per heavy atom. The minimum Gasteiger partial charge on any atom is -0.382 e. The lowest BCUT2D eigenvalue weighted by atomic mass is 10.1. The Balaban J connectivity index is 4.69. The first kappa shape index (κ1) is 27.5. The number of carbonyl (C=O) groups is 3. The predicted molar refractivity (Wildman–Crippen MR) is 112 cm³/mol. The van der Waals surface area contributed by atoms with Crippen molar-refractivity contribution < 1.29 is 33.3 Å². The van der Waals surface area contributed by atoms with E-state index in [1.54, 1.807) is 0 Å². The van der Waals surface area contributed by atoms with Gasteiger partial charge in [-0.3, -0.25) is 14.4 Å². The molecule has 0 aromatic heterocycles. The van der Waals surface area contributed by atoms with Gasteiger partial charge in [0.05, 0.1) is 39.6 Å². The highest BCUT2D eigenvalue weighted by Gasteiger charge is 2.32. The Bertz CT molecular complexity index is 537.